The normalized spacial score (nSPS) is 15.1. The Kier molecular flexibility index (Phi) is 6.28. The Morgan fingerprint density at radius 3 is 2.39 bits per heavy atom. The lowest BCUT2D eigenvalue weighted by Gasteiger charge is -2.34. The number of ether oxygens (including phenoxy) is 1. The van der Waals surface area contributed by atoms with Gasteiger partial charge in [0.15, 0.2) is 0 Å². The summed E-state index contributed by atoms with van der Waals surface area (Å²) in [6, 6.07) is 3.45. The molecule has 5 nitrogen and oxygen atoms in total. The SMILES string of the molecule is CC(CCC(C)(C)O)C(c1ccco1)N(C)C(=O)OC(C)(C)C. The first-order valence-electron chi connectivity index (χ1n) is 8.12. The Morgan fingerprint density at radius 2 is 1.96 bits per heavy atom. The third-order valence-corrected chi connectivity index (χ3v) is 3.68. The molecule has 0 spiro atoms. The van der Waals surface area contributed by atoms with E-state index < -0.39 is 11.2 Å². The summed E-state index contributed by atoms with van der Waals surface area (Å²) in [4.78, 5) is 14.0. The number of carbonyl (C=O) groups is 1. The van der Waals surface area contributed by atoms with Crippen LogP contribution in [0.25, 0.3) is 0 Å². The van der Waals surface area contributed by atoms with Gasteiger partial charge in [-0.15, -0.1) is 0 Å². The minimum atomic E-state index is -0.730. The molecule has 0 fully saturated rings. The molecule has 23 heavy (non-hydrogen) atoms. The summed E-state index contributed by atoms with van der Waals surface area (Å²) in [7, 11) is 1.72. The van der Waals surface area contributed by atoms with Gasteiger partial charge in [-0.05, 0) is 65.5 Å². The van der Waals surface area contributed by atoms with Gasteiger partial charge in [0.1, 0.15) is 11.4 Å². The van der Waals surface area contributed by atoms with Crippen LogP contribution in [-0.4, -0.2) is 34.3 Å². The zero-order valence-corrected chi connectivity index (χ0v) is 15.4. The van der Waals surface area contributed by atoms with E-state index in [0.29, 0.717) is 6.42 Å². The zero-order valence-electron chi connectivity index (χ0n) is 15.4. The largest absolute Gasteiger partial charge is 0.467 e. The van der Waals surface area contributed by atoms with E-state index in [2.05, 4.69) is 6.92 Å². The number of rotatable bonds is 6. The first kappa shape index (κ1) is 19.6. The molecule has 0 saturated carbocycles. The van der Waals surface area contributed by atoms with E-state index >= 15 is 0 Å². The third-order valence-electron chi connectivity index (χ3n) is 3.68. The van der Waals surface area contributed by atoms with Gasteiger partial charge >= 0.3 is 6.09 Å². The maximum Gasteiger partial charge on any atom is 0.410 e. The van der Waals surface area contributed by atoms with Gasteiger partial charge < -0.3 is 19.2 Å². The van der Waals surface area contributed by atoms with Crippen LogP contribution in [0.1, 0.15) is 66.2 Å². The summed E-state index contributed by atoms with van der Waals surface area (Å²) in [6.45, 7) is 11.2. The second kappa shape index (κ2) is 7.39. The Hall–Kier alpha value is -1.49. The van der Waals surface area contributed by atoms with Crippen LogP contribution >= 0.6 is 0 Å². The van der Waals surface area contributed by atoms with Crippen molar-refractivity contribution in [2.24, 2.45) is 5.92 Å². The second-order valence-corrected chi connectivity index (χ2v) is 7.88. The molecule has 0 radical (unpaired) electrons. The van der Waals surface area contributed by atoms with E-state index in [4.69, 9.17) is 9.15 Å². The summed E-state index contributed by atoms with van der Waals surface area (Å²) in [5.41, 5.74) is -1.28. The molecule has 0 bridgehead atoms. The summed E-state index contributed by atoms with van der Waals surface area (Å²) < 4.78 is 11.0. The van der Waals surface area contributed by atoms with Gasteiger partial charge in [-0.1, -0.05) is 6.92 Å². The number of aliphatic hydroxyl groups is 1. The lowest BCUT2D eigenvalue weighted by Crippen LogP contribution is -2.39. The highest BCUT2D eigenvalue weighted by Crippen LogP contribution is 2.33. The fourth-order valence-electron chi connectivity index (χ4n) is 2.50. The first-order chi connectivity index (χ1) is 10.4. The molecule has 1 heterocycles. The fraction of sp³-hybridized carbons (Fsp3) is 0.722. The first-order valence-corrected chi connectivity index (χ1v) is 8.12. The molecule has 1 N–H and O–H groups in total. The van der Waals surface area contributed by atoms with Gasteiger partial charge in [0.2, 0.25) is 0 Å². The van der Waals surface area contributed by atoms with Gasteiger partial charge in [0, 0.05) is 7.05 Å². The van der Waals surface area contributed by atoms with E-state index in [9.17, 15) is 9.90 Å². The minimum Gasteiger partial charge on any atom is -0.467 e. The van der Waals surface area contributed by atoms with Crippen LogP contribution in [0.4, 0.5) is 4.79 Å². The van der Waals surface area contributed by atoms with Crippen LogP contribution in [0.5, 0.6) is 0 Å². The molecule has 2 unspecified atom stereocenters. The fourth-order valence-corrected chi connectivity index (χ4v) is 2.50. The third kappa shape index (κ3) is 6.65. The smallest absolute Gasteiger partial charge is 0.410 e. The quantitative estimate of drug-likeness (QED) is 0.843. The van der Waals surface area contributed by atoms with Crippen molar-refractivity contribution >= 4 is 6.09 Å². The summed E-state index contributed by atoms with van der Waals surface area (Å²) >= 11 is 0. The molecule has 1 rings (SSSR count). The van der Waals surface area contributed by atoms with Crippen molar-refractivity contribution in [2.75, 3.05) is 7.05 Å². The van der Waals surface area contributed by atoms with Crippen molar-refractivity contribution in [1.82, 2.24) is 4.90 Å². The second-order valence-electron chi connectivity index (χ2n) is 7.88. The molecular weight excluding hydrogens is 294 g/mol. The minimum absolute atomic E-state index is 0.116. The van der Waals surface area contributed by atoms with Crippen molar-refractivity contribution in [3.8, 4) is 0 Å². The lowest BCUT2D eigenvalue weighted by molar-refractivity contribution is 0.0109. The Balaban J connectivity index is 2.91. The Bertz CT molecular complexity index is 482. The van der Waals surface area contributed by atoms with Crippen LogP contribution in [0.3, 0.4) is 0 Å². The molecule has 0 aliphatic carbocycles. The molecular formula is C18H31NO4. The van der Waals surface area contributed by atoms with Crippen LogP contribution in [0.2, 0.25) is 0 Å². The molecule has 0 aliphatic heterocycles. The summed E-state index contributed by atoms with van der Waals surface area (Å²) in [5.74, 6) is 0.840. The molecule has 1 amide bonds. The Labute approximate surface area is 139 Å². The number of furan rings is 1. The maximum atomic E-state index is 12.4. The summed E-state index contributed by atoms with van der Waals surface area (Å²) in [5, 5.41) is 9.95. The van der Waals surface area contributed by atoms with Gasteiger partial charge in [0.05, 0.1) is 17.9 Å². The summed E-state index contributed by atoms with van der Waals surface area (Å²) in [6.07, 6.45) is 2.64. The molecule has 0 aromatic carbocycles. The molecule has 1 aromatic heterocycles. The number of hydrogen-bond acceptors (Lipinski definition) is 4. The van der Waals surface area contributed by atoms with Gasteiger partial charge in [-0.25, -0.2) is 4.79 Å². The molecule has 132 valence electrons. The van der Waals surface area contributed by atoms with Gasteiger partial charge in [0.25, 0.3) is 0 Å². The predicted octanol–water partition coefficient (Wildman–Crippen LogP) is 4.37. The van der Waals surface area contributed by atoms with Crippen molar-refractivity contribution in [3.05, 3.63) is 24.2 Å². The average molecular weight is 325 g/mol. The number of hydrogen-bond donors (Lipinski definition) is 1. The highest BCUT2D eigenvalue weighted by atomic mass is 16.6. The standard InChI is InChI=1S/C18H31NO4/c1-13(10-11-18(5,6)21)15(14-9-8-12-22-14)19(7)16(20)23-17(2,3)4/h8-9,12-13,15,21H,10-11H2,1-7H3. The van der Waals surface area contributed by atoms with Crippen molar-refractivity contribution in [1.29, 1.82) is 0 Å². The average Bonchev–Trinajstić information content (AvgIpc) is 2.87. The van der Waals surface area contributed by atoms with Crippen molar-refractivity contribution < 1.29 is 19.1 Å². The molecule has 5 heteroatoms. The highest BCUT2D eigenvalue weighted by molar-refractivity contribution is 5.68. The van der Waals surface area contributed by atoms with Crippen molar-refractivity contribution in [3.63, 3.8) is 0 Å². The van der Waals surface area contributed by atoms with Gasteiger partial charge in [-0.3, -0.25) is 0 Å². The monoisotopic (exact) mass is 325 g/mol. The zero-order chi connectivity index (χ0) is 17.8. The number of carbonyl (C=O) groups excluding carboxylic acids is 1. The molecule has 0 saturated heterocycles. The van der Waals surface area contributed by atoms with E-state index in [0.717, 1.165) is 12.2 Å². The van der Waals surface area contributed by atoms with Crippen LogP contribution < -0.4 is 0 Å². The van der Waals surface area contributed by atoms with E-state index in [1.807, 2.05) is 32.9 Å². The highest BCUT2D eigenvalue weighted by Gasteiger charge is 2.32. The van der Waals surface area contributed by atoms with Crippen LogP contribution in [0, 0.1) is 5.92 Å². The molecule has 1 aromatic rings. The maximum absolute atomic E-state index is 12.4. The Morgan fingerprint density at radius 1 is 1.35 bits per heavy atom. The molecule has 0 aliphatic rings. The van der Waals surface area contributed by atoms with Gasteiger partial charge in [-0.2, -0.15) is 0 Å². The predicted molar refractivity (Wildman–Crippen MR) is 90.1 cm³/mol. The molecule has 2 atom stereocenters. The topological polar surface area (TPSA) is 62.9 Å². The van der Waals surface area contributed by atoms with Crippen LogP contribution in [-0.2, 0) is 4.74 Å². The van der Waals surface area contributed by atoms with Crippen molar-refractivity contribution in [2.45, 2.75) is 71.6 Å². The van der Waals surface area contributed by atoms with Crippen LogP contribution in [0.15, 0.2) is 22.8 Å². The lowest BCUT2D eigenvalue weighted by atomic mass is 9.89. The number of nitrogens with zero attached hydrogens (tertiary/aromatic N) is 1. The van der Waals surface area contributed by atoms with E-state index in [1.54, 1.807) is 32.1 Å². The van der Waals surface area contributed by atoms with E-state index in [-0.39, 0.29) is 18.1 Å². The van der Waals surface area contributed by atoms with E-state index in [1.165, 1.54) is 0 Å². The number of amides is 1.